The quantitative estimate of drug-likeness (QED) is 0.604. The first kappa shape index (κ1) is 11.8. The topological polar surface area (TPSA) is 23.8 Å². The highest BCUT2D eigenvalue weighted by atomic mass is 35.5. The molecule has 0 N–H and O–H groups in total. The van der Waals surface area contributed by atoms with E-state index in [0.29, 0.717) is 11.8 Å². The van der Waals surface area contributed by atoms with E-state index in [-0.39, 0.29) is 5.41 Å². The smallest absolute Gasteiger partial charge is 0.0692 e. The van der Waals surface area contributed by atoms with E-state index >= 15 is 0 Å². The number of nitriles is 1. The number of rotatable bonds is 5. The van der Waals surface area contributed by atoms with Crippen LogP contribution in [0.5, 0.6) is 0 Å². The molecule has 0 aliphatic rings. The Labute approximate surface area is 80.7 Å². The average Bonchev–Trinajstić information content (AvgIpc) is 2.03. The fourth-order valence-corrected chi connectivity index (χ4v) is 1.90. The minimum atomic E-state index is -0.184. The predicted molar refractivity (Wildman–Crippen MR) is 53.1 cm³/mol. The van der Waals surface area contributed by atoms with Gasteiger partial charge in [0.1, 0.15) is 0 Å². The van der Waals surface area contributed by atoms with Crippen molar-refractivity contribution in [1.29, 1.82) is 5.26 Å². The third kappa shape index (κ3) is 2.68. The van der Waals surface area contributed by atoms with Crippen molar-refractivity contribution in [2.75, 3.05) is 5.88 Å². The van der Waals surface area contributed by atoms with Crippen LogP contribution in [0.2, 0.25) is 0 Å². The van der Waals surface area contributed by atoms with Crippen molar-refractivity contribution >= 4 is 11.6 Å². The zero-order valence-electron chi connectivity index (χ0n) is 8.23. The number of hydrogen-bond acceptors (Lipinski definition) is 1. The molecule has 0 spiro atoms. The third-order valence-corrected chi connectivity index (χ3v) is 2.75. The van der Waals surface area contributed by atoms with Gasteiger partial charge in [-0.15, -0.1) is 11.6 Å². The van der Waals surface area contributed by atoms with E-state index in [1.807, 2.05) is 0 Å². The molecule has 1 unspecified atom stereocenters. The van der Waals surface area contributed by atoms with Gasteiger partial charge in [0.15, 0.2) is 0 Å². The lowest BCUT2D eigenvalue weighted by molar-refractivity contribution is 0.244. The minimum Gasteiger partial charge on any atom is -0.198 e. The van der Waals surface area contributed by atoms with Gasteiger partial charge in [-0.25, -0.2) is 0 Å². The summed E-state index contributed by atoms with van der Waals surface area (Å²) in [6, 6.07) is 2.43. The zero-order valence-corrected chi connectivity index (χ0v) is 8.99. The molecule has 0 aromatic rings. The Morgan fingerprint density at radius 3 is 2.25 bits per heavy atom. The van der Waals surface area contributed by atoms with Gasteiger partial charge in [0.25, 0.3) is 0 Å². The van der Waals surface area contributed by atoms with Gasteiger partial charge in [-0.05, 0) is 18.8 Å². The van der Waals surface area contributed by atoms with Gasteiger partial charge >= 0.3 is 0 Å². The maximum absolute atomic E-state index is 9.10. The molecular weight excluding hydrogens is 170 g/mol. The third-order valence-electron chi connectivity index (χ3n) is 2.56. The number of halogens is 1. The molecule has 0 bridgehead atoms. The van der Waals surface area contributed by atoms with Crippen LogP contribution in [0.25, 0.3) is 0 Å². The highest BCUT2D eigenvalue weighted by Gasteiger charge is 2.31. The Morgan fingerprint density at radius 2 is 2.00 bits per heavy atom. The second kappa shape index (κ2) is 5.43. The van der Waals surface area contributed by atoms with Gasteiger partial charge in [-0.3, -0.25) is 0 Å². The Bertz CT molecular complexity index is 152. The van der Waals surface area contributed by atoms with Crippen LogP contribution in [0, 0.1) is 22.7 Å². The average molecular weight is 188 g/mol. The van der Waals surface area contributed by atoms with Crippen LogP contribution in [0.15, 0.2) is 0 Å². The lowest BCUT2D eigenvalue weighted by Gasteiger charge is -2.29. The lowest BCUT2D eigenvalue weighted by Crippen LogP contribution is -2.25. The molecule has 70 valence electrons. The first-order valence-electron chi connectivity index (χ1n) is 4.60. The van der Waals surface area contributed by atoms with Crippen molar-refractivity contribution in [3.63, 3.8) is 0 Å². The van der Waals surface area contributed by atoms with Crippen molar-refractivity contribution in [2.24, 2.45) is 11.3 Å². The minimum absolute atomic E-state index is 0.184. The van der Waals surface area contributed by atoms with Gasteiger partial charge in [0.05, 0.1) is 11.5 Å². The Balaban J connectivity index is 4.42. The van der Waals surface area contributed by atoms with Gasteiger partial charge in [0.2, 0.25) is 0 Å². The molecule has 1 atom stereocenters. The van der Waals surface area contributed by atoms with Crippen LogP contribution in [0.3, 0.4) is 0 Å². The molecule has 0 saturated carbocycles. The number of nitrogens with zero attached hydrogens (tertiary/aromatic N) is 1. The molecule has 0 aromatic heterocycles. The summed E-state index contributed by atoms with van der Waals surface area (Å²) in [5.41, 5.74) is -0.184. The summed E-state index contributed by atoms with van der Waals surface area (Å²) in [4.78, 5) is 0. The summed E-state index contributed by atoms with van der Waals surface area (Å²) in [5.74, 6) is 0.993. The van der Waals surface area contributed by atoms with Crippen molar-refractivity contribution in [1.82, 2.24) is 0 Å². The summed E-state index contributed by atoms with van der Waals surface area (Å²) in [6.07, 6.45) is 2.84. The molecule has 0 amide bonds. The largest absolute Gasteiger partial charge is 0.198 e. The second-order valence-electron chi connectivity index (χ2n) is 3.61. The van der Waals surface area contributed by atoms with Crippen LogP contribution < -0.4 is 0 Å². The van der Waals surface area contributed by atoms with Crippen LogP contribution >= 0.6 is 11.6 Å². The number of alkyl halides is 1. The molecule has 0 heterocycles. The summed E-state index contributed by atoms with van der Waals surface area (Å²) in [5, 5.41) is 9.10. The van der Waals surface area contributed by atoms with E-state index < -0.39 is 0 Å². The monoisotopic (exact) mass is 187 g/mol. The SMILES string of the molecule is CCCC(C#N)(CCCl)C(C)C. The molecule has 2 heteroatoms. The first-order chi connectivity index (χ1) is 5.63. The Morgan fingerprint density at radius 1 is 1.42 bits per heavy atom. The fraction of sp³-hybridized carbons (Fsp3) is 0.900. The molecule has 0 radical (unpaired) electrons. The molecule has 0 aliphatic heterocycles. The van der Waals surface area contributed by atoms with E-state index in [1.165, 1.54) is 0 Å². The molecule has 0 saturated heterocycles. The molecule has 0 aromatic carbocycles. The highest BCUT2D eigenvalue weighted by Crippen LogP contribution is 2.36. The van der Waals surface area contributed by atoms with Gasteiger partial charge in [0, 0.05) is 5.88 Å². The fourth-order valence-electron chi connectivity index (χ4n) is 1.56. The molecular formula is C10H18ClN. The van der Waals surface area contributed by atoms with Crippen molar-refractivity contribution in [2.45, 2.75) is 40.0 Å². The zero-order chi connectivity index (χ0) is 9.61. The standard InChI is InChI=1S/C10H18ClN/c1-4-5-10(8-12,6-7-11)9(2)3/h9H,4-7H2,1-3H3. The van der Waals surface area contributed by atoms with Gasteiger partial charge < -0.3 is 0 Å². The summed E-state index contributed by atoms with van der Waals surface area (Å²) in [6.45, 7) is 6.32. The maximum atomic E-state index is 9.10. The number of hydrogen-bond donors (Lipinski definition) is 0. The highest BCUT2D eigenvalue weighted by molar-refractivity contribution is 6.17. The molecule has 0 fully saturated rings. The summed E-state index contributed by atoms with van der Waals surface area (Å²) in [7, 11) is 0. The van der Waals surface area contributed by atoms with Crippen molar-refractivity contribution in [3.05, 3.63) is 0 Å². The van der Waals surface area contributed by atoms with Crippen molar-refractivity contribution in [3.8, 4) is 6.07 Å². The van der Waals surface area contributed by atoms with Gasteiger partial charge in [-0.2, -0.15) is 5.26 Å². The molecule has 1 nitrogen and oxygen atoms in total. The van der Waals surface area contributed by atoms with E-state index in [0.717, 1.165) is 19.3 Å². The summed E-state index contributed by atoms with van der Waals surface area (Å²) < 4.78 is 0. The molecule has 0 rings (SSSR count). The van der Waals surface area contributed by atoms with E-state index in [4.69, 9.17) is 16.9 Å². The van der Waals surface area contributed by atoms with Gasteiger partial charge in [-0.1, -0.05) is 27.2 Å². The second-order valence-corrected chi connectivity index (χ2v) is 3.99. The maximum Gasteiger partial charge on any atom is 0.0692 e. The normalized spacial score (nSPS) is 15.7. The molecule has 0 aliphatic carbocycles. The van der Waals surface area contributed by atoms with Crippen molar-refractivity contribution < 1.29 is 0 Å². The predicted octanol–water partition coefficient (Wildman–Crippen LogP) is 3.58. The van der Waals surface area contributed by atoms with E-state index in [9.17, 15) is 0 Å². The Kier molecular flexibility index (Phi) is 5.33. The lowest BCUT2D eigenvalue weighted by atomic mass is 9.73. The van der Waals surface area contributed by atoms with Crippen LogP contribution in [-0.2, 0) is 0 Å². The van der Waals surface area contributed by atoms with Crippen LogP contribution in [0.4, 0.5) is 0 Å². The summed E-state index contributed by atoms with van der Waals surface area (Å²) >= 11 is 5.69. The van der Waals surface area contributed by atoms with E-state index in [1.54, 1.807) is 0 Å². The first-order valence-corrected chi connectivity index (χ1v) is 5.13. The van der Waals surface area contributed by atoms with Crippen LogP contribution in [0.1, 0.15) is 40.0 Å². The van der Waals surface area contributed by atoms with Crippen LogP contribution in [-0.4, -0.2) is 5.88 Å². The molecule has 12 heavy (non-hydrogen) atoms. The van der Waals surface area contributed by atoms with E-state index in [2.05, 4.69) is 26.8 Å². The Hall–Kier alpha value is -0.220.